The Morgan fingerprint density at radius 1 is 1.04 bits per heavy atom. The molecule has 4 nitrogen and oxygen atoms in total. The van der Waals surface area contributed by atoms with Crippen molar-refractivity contribution in [2.75, 3.05) is 6.61 Å². The van der Waals surface area contributed by atoms with Crippen molar-refractivity contribution in [2.45, 2.75) is 117 Å². The van der Waals surface area contributed by atoms with Crippen LogP contribution in [0.2, 0.25) is 16.6 Å². The van der Waals surface area contributed by atoms with Gasteiger partial charge in [0.2, 0.25) is 8.32 Å². The van der Waals surface area contributed by atoms with Gasteiger partial charge in [-0.25, -0.2) is 0 Å². The van der Waals surface area contributed by atoms with Crippen LogP contribution in [0.4, 0.5) is 0 Å². The number of hydrogen-bond acceptors (Lipinski definition) is 4. The Bertz CT molecular complexity index is 449. The third-order valence-corrected chi connectivity index (χ3v) is 12.0. The fourth-order valence-corrected chi connectivity index (χ4v) is 10.1. The van der Waals surface area contributed by atoms with E-state index in [-0.39, 0.29) is 5.97 Å². The van der Waals surface area contributed by atoms with Crippen LogP contribution in [0.3, 0.4) is 0 Å². The van der Waals surface area contributed by atoms with Gasteiger partial charge in [-0.2, -0.15) is 0 Å². The van der Waals surface area contributed by atoms with E-state index >= 15 is 0 Å². The molecule has 0 spiro atoms. The molecule has 0 bridgehead atoms. The molecule has 0 radical (unpaired) electrons. The molecule has 0 aromatic rings. The standard InChI is InChI=1S/C23H46O4Si/c1-11-12-13-21(23(25)26-15-14-16(2)3)22(20(10)24)27-28(17(4)5,18(6)7)19(8)9/h17-22,24H,2,11-15H2,1,3-10H3/t20-,21-,22+/m0/s1. The number of aliphatic hydroxyl groups excluding tert-OH is 1. The second-order valence-corrected chi connectivity index (χ2v) is 14.7. The second kappa shape index (κ2) is 12.8. The van der Waals surface area contributed by atoms with Crippen LogP contribution in [0, 0.1) is 5.92 Å². The summed E-state index contributed by atoms with van der Waals surface area (Å²) in [6.45, 7) is 23.3. The van der Waals surface area contributed by atoms with Gasteiger partial charge in [-0.15, -0.1) is 6.58 Å². The molecule has 0 heterocycles. The lowest BCUT2D eigenvalue weighted by Crippen LogP contribution is -2.54. The first-order chi connectivity index (χ1) is 12.9. The lowest BCUT2D eigenvalue weighted by Gasteiger charge is -2.46. The van der Waals surface area contributed by atoms with Gasteiger partial charge >= 0.3 is 5.97 Å². The maximum Gasteiger partial charge on any atom is 0.311 e. The largest absolute Gasteiger partial charge is 0.465 e. The molecule has 0 fully saturated rings. The van der Waals surface area contributed by atoms with Gasteiger partial charge in [-0.1, -0.05) is 66.9 Å². The first-order valence-electron chi connectivity index (χ1n) is 11.1. The zero-order chi connectivity index (χ0) is 22.1. The van der Waals surface area contributed by atoms with Crippen molar-refractivity contribution in [3.8, 4) is 0 Å². The monoisotopic (exact) mass is 414 g/mol. The molecule has 0 saturated carbocycles. The second-order valence-electron chi connectivity index (χ2n) is 9.26. The summed E-state index contributed by atoms with van der Waals surface area (Å²) in [7, 11) is -2.23. The molecule has 0 unspecified atom stereocenters. The molecular weight excluding hydrogens is 368 g/mol. The topological polar surface area (TPSA) is 55.8 Å². The van der Waals surface area contributed by atoms with Gasteiger partial charge in [0.15, 0.2) is 0 Å². The van der Waals surface area contributed by atoms with Gasteiger partial charge in [0.25, 0.3) is 0 Å². The molecular formula is C23H46O4Si. The zero-order valence-electron chi connectivity index (χ0n) is 19.9. The number of rotatable bonds is 14. The van der Waals surface area contributed by atoms with Crippen molar-refractivity contribution in [1.29, 1.82) is 0 Å². The molecule has 0 aliphatic carbocycles. The highest BCUT2D eigenvalue weighted by Crippen LogP contribution is 2.44. The predicted molar refractivity (Wildman–Crippen MR) is 121 cm³/mol. The molecule has 166 valence electrons. The van der Waals surface area contributed by atoms with E-state index in [0.29, 0.717) is 36.1 Å². The fourth-order valence-electron chi connectivity index (χ4n) is 4.43. The quantitative estimate of drug-likeness (QED) is 0.207. The normalized spacial score (nSPS) is 15.8. The van der Waals surface area contributed by atoms with Gasteiger partial charge in [0, 0.05) is 6.42 Å². The molecule has 1 N–H and O–H groups in total. The maximum absolute atomic E-state index is 12.9. The molecule has 0 amide bonds. The lowest BCUT2D eigenvalue weighted by atomic mass is 9.93. The summed E-state index contributed by atoms with van der Waals surface area (Å²) < 4.78 is 12.4. The summed E-state index contributed by atoms with van der Waals surface area (Å²) >= 11 is 0. The van der Waals surface area contributed by atoms with Crippen molar-refractivity contribution >= 4 is 14.3 Å². The minimum absolute atomic E-state index is 0.250. The number of carbonyl (C=O) groups is 1. The van der Waals surface area contributed by atoms with Crippen LogP contribution in [-0.2, 0) is 14.0 Å². The molecule has 28 heavy (non-hydrogen) atoms. The Kier molecular flexibility index (Phi) is 12.5. The van der Waals surface area contributed by atoms with Gasteiger partial charge < -0.3 is 14.3 Å². The highest BCUT2D eigenvalue weighted by atomic mass is 28.4. The summed E-state index contributed by atoms with van der Waals surface area (Å²) in [6, 6.07) is 0. The van der Waals surface area contributed by atoms with E-state index in [9.17, 15) is 9.90 Å². The van der Waals surface area contributed by atoms with E-state index in [2.05, 4.69) is 55.0 Å². The van der Waals surface area contributed by atoms with Gasteiger partial charge in [-0.3, -0.25) is 4.79 Å². The summed E-state index contributed by atoms with van der Waals surface area (Å²) in [6.07, 6.45) is 1.99. The third-order valence-electron chi connectivity index (χ3n) is 5.86. The van der Waals surface area contributed by atoms with E-state index in [1.807, 2.05) is 6.92 Å². The average Bonchev–Trinajstić information content (AvgIpc) is 2.55. The van der Waals surface area contributed by atoms with Crippen LogP contribution in [0.1, 0.15) is 88.0 Å². The highest BCUT2D eigenvalue weighted by Gasteiger charge is 2.49. The number of carbonyl (C=O) groups excluding carboxylic acids is 1. The van der Waals surface area contributed by atoms with Crippen LogP contribution in [0.15, 0.2) is 12.2 Å². The minimum Gasteiger partial charge on any atom is -0.465 e. The molecule has 0 saturated heterocycles. The summed E-state index contributed by atoms with van der Waals surface area (Å²) in [5.74, 6) is -0.687. The maximum atomic E-state index is 12.9. The van der Waals surface area contributed by atoms with Crippen LogP contribution < -0.4 is 0 Å². The van der Waals surface area contributed by atoms with Crippen LogP contribution in [0.25, 0.3) is 0 Å². The summed E-state index contributed by atoms with van der Waals surface area (Å²) in [5, 5.41) is 10.6. The number of unbranched alkanes of at least 4 members (excludes halogenated alkanes) is 1. The van der Waals surface area contributed by atoms with Gasteiger partial charge in [0.05, 0.1) is 24.7 Å². The SMILES string of the molecule is C=C(C)CCOC(=O)[C@@H](CCCC)[C@H](O[Si](C(C)C)(C(C)C)C(C)C)[C@H](C)O. The Morgan fingerprint density at radius 2 is 1.54 bits per heavy atom. The third kappa shape index (κ3) is 7.64. The molecule has 5 heteroatoms. The van der Waals surface area contributed by atoms with Crippen molar-refractivity contribution < 1.29 is 19.1 Å². The number of aliphatic hydroxyl groups is 1. The fraction of sp³-hybridized carbons (Fsp3) is 0.870. The smallest absolute Gasteiger partial charge is 0.311 e. The summed E-state index contributed by atoms with van der Waals surface area (Å²) in [5.41, 5.74) is 2.16. The van der Waals surface area contributed by atoms with E-state index in [1.165, 1.54) is 0 Å². The average molecular weight is 415 g/mol. The van der Waals surface area contributed by atoms with Crippen molar-refractivity contribution in [3.63, 3.8) is 0 Å². The number of esters is 1. The Labute approximate surface area is 175 Å². The van der Waals surface area contributed by atoms with Crippen LogP contribution in [-0.4, -0.2) is 38.2 Å². The molecule has 0 rings (SSSR count). The molecule has 0 aliphatic rings. The lowest BCUT2D eigenvalue weighted by molar-refractivity contribution is -0.155. The van der Waals surface area contributed by atoms with Crippen molar-refractivity contribution in [2.24, 2.45) is 5.92 Å². The first kappa shape index (κ1) is 27.3. The molecule has 0 aliphatic heterocycles. The number of ether oxygens (including phenoxy) is 1. The molecule has 0 aromatic carbocycles. The molecule has 3 atom stereocenters. The molecule has 0 aromatic heterocycles. The Hall–Kier alpha value is -0.653. The van der Waals surface area contributed by atoms with Crippen molar-refractivity contribution in [3.05, 3.63) is 12.2 Å². The highest BCUT2D eigenvalue weighted by molar-refractivity contribution is 6.77. The summed E-state index contributed by atoms with van der Waals surface area (Å²) in [4.78, 5) is 12.9. The van der Waals surface area contributed by atoms with Gasteiger partial charge in [-0.05, 0) is 36.9 Å². The zero-order valence-corrected chi connectivity index (χ0v) is 20.9. The first-order valence-corrected chi connectivity index (χ1v) is 13.2. The Morgan fingerprint density at radius 3 is 1.89 bits per heavy atom. The number of hydrogen-bond donors (Lipinski definition) is 1. The Balaban J connectivity index is 5.77. The minimum atomic E-state index is -2.23. The van der Waals surface area contributed by atoms with E-state index < -0.39 is 26.4 Å². The van der Waals surface area contributed by atoms with E-state index in [0.717, 1.165) is 18.4 Å². The van der Waals surface area contributed by atoms with Crippen molar-refractivity contribution in [1.82, 2.24) is 0 Å². The van der Waals surface area contributed by atoms with Gasteiger partial charge in [0.1, 0.15) is 0 Å². The van der Waals surface area contributed by atoms with Crippen LogP contribution >= 0.6 is 0 Å². The van der Waals surface area contributed by atoms with E-state index in [4.69, 9.17) is 9.16 Å². The predicted octanol–water partition coefficient (Wildman–Crippen LogP) is 6.24. The van der Waals surface area contributed by atoms with E-state index in [1.54, 1.807) is 6.92 Å². The van der Waals surface area contributed by atoms with Crippen LogP contribution in [0.5, 0.6) is 0 Å².